The first kappa shape index (κ1) is 12.1. The molecule has 0 aliphatic rings. The molecule has 90 valence electrons. The molecule has 2 aromatic rings. The van der Waals surface area contributed by atoms with Gasteiger partial charge in [0, 0.05) is 12.2 Å². The van der Waals surface area contributed by atoms with Crippen LogP contribution in [0, 0.1) is 23.0 Å². The standard InChI is InChI=1S/C14H10F2N2/c15-12-1-3-14(4-2-12)18-9-11-5-10(8-17)6-13(16)7-11/h1-7,18H,9H2. The van der Waals surface area contributed by atoms with Crippen molar-refractivity contribution in [2.45, 2.75) is 6.54 Å². The molecule has 0 unspecified atom stereocenters. The zero-order chi connectivity index (χ0) is 13.0. The van der Waals surface area contributed by atoms with E-state index in [1.54, 1.807) is 18.2 Å². The van der Waals surface area contributed by atoms with Gasteiger partial charge >= 0.3 is 0 Å². The van der Waals surface area contributed by atoms with Crippen molar-refractivity contribution in [3.05, 3.63) is 65.2 Å². The molecule has 0 saturated carbocycles. The minimum absolute atomic E-state index is 0.283. The molecule has 0 atom stereocenters. The van der Waals surface area contributed by atoms with E-state index < -0.39 is 5.82 Å². The van der Waals surface area contributed by atoms with Gasteiger partial charge in [0.15, 0.2) is 0 Å². The topological polar surface area (TPSA) is 35.8 Å². The molecule has 0 aliphatic carbocycles. The second kappa shape index (κ2) is 5.28. The predicted octanol–water partition coefficient (Wildman–Crippen LogP) is 3.45. The third kappa shape index (κ3) is 3.05. The van der Waals surface area contributed by atoms with Crippen LogP contribution in [0.15, 0.2) is 42.5 Å². The first-order valence-corrected chi connectivity index (χ1v) is 5.36. The van der Waals surface area contributed by atoms with E-state index in [0.29, 0.717) is 12.1 Å². The zero-order valence-electron chi connectivity index (χ0n) is 9.45. The van der Waals surface area contributed by atoms with E-state index in [1.807, 2.05) is 6.07 Å². The van der Waals surface area contributed by atoms with Crippen LogP contribution in [-0.2, 0) is 6.54 Å². The van der Waals surface area contributed by atoms with E-state index in [2.05, 4.69) is 5.32 Å². The van der Waals surface area contributed by atoms with Crippen molar-refractivity contribution >= 4 is 5.69 Å². The maximum Gasteiger partial charge on any atom is 0.124 e. The second-order valence-electron chi connectivity index (χ2n) is 3.82. The van der Waals surface area contributed by atoms with Gasteiger partial charge in [-0.2, -0.15) is 5.26 Å². The van der Waals surface area contributed by atoms with Gasteiger partial charge in [0.2, 0.25) is 0 Å². The predicted molar refractivity (Wildman–Crippen MR) is 64.8 cm³/mol. The van der Waals surface area contributed by atoms with Crippen molar-refractivity contribution in [3.8, 4) is 6.07 Å². The largest absolute Gasteiger partial charge is 0.381 e. The summed E-state index contributed by atoms with van der Waals surface area (Å²) in [5, 5.41) is 11.7. The average molecular weight is 244 g/mol. The Labute approximate surface area is 103 Å². The van der Waals surface area contributed by atoms with E-state index >= 15 is 0 Å². The average Bonchev–Trinajstić information content (AvgIpc) is 2.37. The Bertz CT molecular complexity index is 586. The summed E-state index contributed by atoms with van der Waals surface area (Å²) >= 11 is 0. The van der Waals surface area contributed by atoms with Gasteiger partial charge in [-0.05, 0) is 48.0 Å². The molecule has 0 bridgehead atoms. The third-order valence-corrected chi connectivity index (χ3v) is 2.43. The lowest BCUT2D eigenvalue weighted by molar-refractivity contribution is 0.625. The van der Waals surface area contributed by atoms with Crippen LogP contribution in [0.1, 0.15) is 11.1 Å². The lowest BCUT2D eigenvalue weighted by Crippen LogP contribution is -2.00. The Kier molecular flexibility index (Phi) is 3.54. The summed E-state index contributed by atoms with van der Waals surface area (Å²) in [6.07, 6.45) is 0. The fourth-order valence-corrected chi connectivity index (χ4v) is 1.59. The van der Waals surface area contributed by atoms with Crippen LogP contribution in [0.3, 0.4) is 0 Å². The van der Waals surface area contributed by atoms with Crippen molar-refractivity contribution in [1.82, 2.24) is 0 Å². The molecule has 1 N–H and O–H groups in total. The Morgan fingerprint density at radius 2 is 1.72 bits per heavy atom. The summed E-state index contributed by atoms with van der Waals surface area (Å²) in [6.45, 7) is 0.373. The number of benzene rings is 2. The molecule has 4 heteroatoms. The maximum absolute atomic E-state index is 13.2. The SMILES string of the molecule is N#Cc1cc(F)cc(CNc2ccc(F)cc2)c1. The number of rotatable bonds is 3. The molecule has 0 amide bonds. The quantitative estimate of drug-likeness (QED) is 0.897. The highest BCUT2D eigenvalue weighted by Crippen LogP contribution is 2.13. The fraction of sp³-hybridized carbons (Fsp3) is 0.0714. The first-order chi connectivity index (χ1) is 8.67. The number of hydrogen-bond acceptors (Lipinski definition) is 2. The lowest BCUT2D eigenvalue weighted by atomic mass is 10.1. The number of nitrogens with one attached hydrogen (secondary N) is 1. The molecular weight excluding hydrogens is 234 g/mol. The molecule has 2 nitrogen and oxygen atoms in total. The maximum atomic E-state index is 13.2. The molecule has 2 rings (SSSR count). The van der Waals surface area contributed by atoms with Crippen LogP contribution in [-0.4, -0.2) is 0 Å². The van der Waals surface area contributed by atoms with Gasteiger partial charge in [0.05, 0.1) is 11.6 Å². The number of nitriles is 1. The minimum Gasteiger partial charge on any atom is -0.381 e. The highest BCUT2D eigenvalue weighted by molar-refractivity contribution is 5.44. The Morgan fingerprint density at radius 3 is 2.39 bits per heavy atom. The molecule has 0 spiro atoms. The van der Waals surface area contributed by atoms with Crippen LogP contribution in [0.2, 0.25) is 0 Å². The Hall–Kier alpha value is -2.41. The monoisotopic (exact) mass is 244 g/mol. The highest BCUT2D eigenvalue weighted by atomic mass is 19.1. The van der Waals surface area contributed by atoms with Crippen molar-refractivity contribution in [1.29, 1.82) is 5.26 Å². The van der Waals surface area contributed by atoms with Crippen LogP contribution in [0.4, 0.5) is 14.5 Å². The molecule has 0 aliphatic heterocycles. The first-order valence-electron chi connectivity index (χ1n) is 5.36. The van der Waals surface area contributed by atoms with Gasteiger partial charge in [-0.1, -0.05) is 0 Å². The van der Waals surface area contributed by atoms with Crippen LogP contribution >= 0.6 is 0 Å². The molecule has 18 heavy (non-hydrogen) atoms. The number of halogens is 2. The molecule has 0 aromatic heterocycles. The van der Waals surface area contributed by atoms with Crippen molar-refractivity contribution in [3.63, 3.8) is 0 Å². The van der Waals surface area contributed by atoms with E-state index in [4.69, 9.17) is 5.26 Å². The number of hydrogen-bond donors (Lipinski definition) is 1. The van der Waals surface area contributed by atoms with Gasteiger partial charge in [-0.15, -0.1) is 0 Å². The van der Waals surface area contributed by atoms with E-state index in [-0.39, 0.29) is 11.4 Å². The zero-order valence-corrected chi connectivity index (χ0v) is 9.45. The van der Waals surface area contributed by atoms with E-state index in [9.17, 15) is 8.78 Å². The summed E-state index contributed by atoms with van der Waals surface area (Å²) < 4.78 is 25.9. The fourth-order valence-electron chi connectivity index (χ4n) is 1.59. The van der Waals surface area contributed by atoms with Crippen LogP contribution < -0.4 is 5.32 Å². The number of nitrogens with zero attached hydrogens (tertiary/aromatic N) is 1. The van der Waals surface area contributed by atoms with Crippen LogP contribution in [0.5, 0.6) is 0 Å². The molecule has 0 fully saturated rings. The Balaban J connectivity index is 2.08. The lowest BCUT2D eigenvalue weighted by Gasteiger charge is -2.07. The summed E-state index contributed by atoms with van der Waals surface area (Å²) in [4.78, 5) is 0. The van der Waals surface area contributed by atoms with Gasteiger partial charge < -0.3 is 5.32 Å². The molecular formula is C14H10F2N2. The smallest absolute Gasteiger partial charge is 0.124 e. The summed E-state index contributed by atoms with van der Waals surface area (Å²) in [5.74, 6) is -0.747. The number of anilines is 1. The van der Waals surface area contributed by atoms with Crippen molar-refractivity contribution in [2.75, 3.05) is 5.32 Å². The van der Waals surface area contributed by atoms with Gasteiger partial charge in [-0.3, -0.25) is 0 Å². The summed E-state index contributed by atoms with van der Waals surface area (Å²) in [7, 11) is 0. The Morgan fingerprint density at radius 1 is 1.00 bits per heavy atom. The van der Waals surface area contributed by atoms with Crippen molar-refractivity contribution < 1.29 is 8.78 Å². The second-order valence-corrected chi connectivity index (χ2v) is 3.82. The summed E-state index contributed by atoms with van der Waals surface area (Å²) in [6, 6.07) is 11.9. The van der Waals surface area contributed by atoms with Crippen molar-refractivity contribution in [2.24, 2.45) is 0 Å². The molecule has 2 aromatic carbocycles. The van der Waals surface area contributed by atoms with Gasteiger partial charge in [-0.25, -0.2) is 8.78 Å². The van der Waals surface area contributed by atoms with Crippen LogP contribution in [0.25, 0.3) is 0 Å². The molecule has 0 saturated heterocycles. The highest BCUT2D eigenvalue weighted by Gasteiger charge is 2.01. The van der Waals surface area contributed by atoms with E-state index in [0.717, 1.165) is 5.69 Å². The normalized spacial score (nSPS) is 9.83. The molecule has 0 radical (unpaired) electrons. The summed E-state index contributed by atoms with van der Waals surface area (Å²) in [5.41, 5.74) is 1.68. The van der Waals surface area contributed by atoms with Gasteiger partial charge in [0.25, 0.3) is 0 Å². The van der Waals surface area contributed by atoms with E-state index in [1.165, 1.54) is 24.3 Å². The minimum atomic E-state index is -0.440. The molecule has 0 heterocycles. The third-order valence-electron chi connectivity index (χ3n) is 2.43. The van der Waals surface area contributed by atoms with Gasteiger partial charge in [0.1, 0.15) is 11.6 Å².